The summed E-state index contributed by atoms with van der Waals surface area (Å²) in [6.45, 7) is 0. The minimum absolute atomic E-state index is 0.374. The second-order valence-electron chi connectivity index (χ2n) is 1.25. The van der Waals surface area contributed by atoms with Crippen molar-refractivity contribution in [2.24, 2.45) is 0 Å². The summed E-state index contributed by atoms with van der Waals surface area (Å²) in [5, 5.41) is 8.38. The van der Waals surface area contributed by atoms with Crippen LogP contribution in [0.1, 0.15) is 9.68 Å². The molecule has 1 aromatic heterocycles. The van der Waals surface area contributed by atoms with Gasteiger partial charge in [-0.25, -0.2) is 4.98 Å². The smallest absolute Gasteiger partial charge is 0.212 e. The Morgan fingerprint density at radius 1 is 1.78 bits per heavy atom. The number of nitrogens with zero attached hydrogens (tertiary/aromatic N) is 2. The zero-order valence-corrected chi connectivity index (χ0v) is 4.27. The van der Waals surface area contributed by atoms with Gasteiger partial charge >= 0.3 is 0 Å². The van der Waals surface area contributed by atoms with Crippen LogP contribution in [0.5, 0.6) is 0 Å². The SMILES string of the molecule is [2H]c1nc(F)c([2H])c([2H])c1C#N. The molecule has 1 rings (SSSR count). The van der Waals surface area contributed by atoms with Crippen molar-refractivity contribution in [2.45, 2.75) is 0 Å². The van der Waals surface area contributed by atoms with E-state index in [1.807, 2.05) is 0 Å². The van der Waals surface area contributed by atoms with Crippen LogP contribution in [0.3, 0.4) is 0 Å². The molecule has 0 aliphatic heterocycles. The van der Waals surface area contributed by atoms with Gasteiger partial charge in [-0.3, -0.25) is 0 Å². The van der Waals surface area contributed by atoms with Crippen LogP contribution in [0.4, 0.5) is 4.39 Å². The summed E-state index contributed by atoms with van der Waals surface area (Å²) in [7, 11) is 0. The summed E-state index contributed by atoms with van der Waals surface area (Å²) in [4.78, 5) is 2.97. The summed E-state index contributed by atoms with van der Waals surface area (Å²) < 4.78 is 33.5. The van der Waals surface area contributed by atoms with E-state index in [4.69, 9.17) is 9.37 Å². The highest BCUT2D eigenvalue weighted by Crippen LogP contribution is 1.94. The van der Waals surface area contributed by atoms with Crippen LogP contribution >= 0.6 is 0 Å². The van der Waals surface area contributed by atoms with Gasteiger partial charge in [-0.15, -0.1) is 0 Å². The van der Waals surface area contributed by atoms with E-state index in [0.29, 0.717) is 0 Å². The van der Waals surface area contributed by atoms with Gasteiger partial charge in [0.1, 0.15) is 6.07 Å². The van der Waals surface area contributed by atoms with Gasteiger partial charge in [0.25, 0.3) is 0 Å². The third kappa shape index (κ3) is 1.23. The fourth-order valence-corrected chi connectivity index (χ4v) is 0.328. The maximum atomic E-state index is 12.5. The molecule has 3 heteroatoms. The van der Waals surface area contributed by atoms with E-state index in [-0.39, 0.29) is 5.56 Å². The zero-order chi connectivity index (χ0) is 9.30. The van der Waals surface area contributed by atoms with Gasteiger partial charge in [-0.1, -0.05) is 0 Å². The lowest BCUT2D eigenvalue weighted by molar-refractivity contribution is 0.583. The molecule has 1 heterocycles. The molecule has 0 spiro atoms. The normalized spacial score (nSPS) is 13.1. The fourth-order valence-electron chi connectivity index (χ4n) is 0.328. The number of halogens is 1. The quantitative estimate of drug-likeness (QED) is 0.486. The molecule has 44 valence electrons. The molecule has 0 aromatic carbocycles. The third-order valence-electron chi connectivity index (χ3n) is 0.668. The topological polar surface area (TPSA) is 36.7 Å². The van der Waals surface area contributed by atoms with Gasteiger partial charge < -0.3 is 0 Å². The summed E-state index contributed by atoms with van der Waals surface area (Å²) in [5.74, 6) is -1.19. The molecule has 2 nitrogen and oxygen atoms in total. The number of aromatic nitrogens is 1. The van der Waals surface area contributed by atoms with Crippen molar-refractivity contribution in [3.63, 3.8) is 0 Å². The van der Waals surface area contributed by atoms with Crippen molar-refractivity contribution in [2.75, 3.05) is 0 Å². The average Bonchev–Trinajstić information content (AvgIpc) is 2.01. The van der Waals surface area contributed by atoms with Crippen LogP contribution in [0.15, 0.2) is 18.3 Å². The predicted molar refractivity (Wildman–Crippen MR) is 28.9 cm³/mol. The Labute approximate surface area is 55.8 Å². The maximum Gasteiger partial charge on any atom is 0.212 e. The number of nitriles is 1. The molecule has 0 fully saturated rings. The summed E-state index contributed by atoms with van der Waals surface area (Å²) in [6.07, 6.45) is -0.601. The summed E-state index contributed by atoms with van der Waals surface area (Å²) >= 11 is 0. The first-order chi connectivity index (χ1) is 5.57. The van der Waals surface area contributed by atoms with Crippen molar-refractivity contribution in [1.29, 1.82) is 5.26 Å². The van der Waals surface area contributed by atoms with E-state index in [0.717, 1.165) is 0 Å². The monoisotopic (exact) mass is 125 g/mol. The second kappa shape index (κ2) is 2.23. The maximum absolute atomic E-state index is 12.5. The lowest BCUT2D eigenvalue weighted by Crippen LogP contribution is -1.80. The van der Waals surface area contributed by atoms with Crippen molar-refractivity contribution >= 4 is 0 Å². The molecule has 0 saturated carbocycles. The highest BCUT2D eigenvalue weighted by molar-refractivity contribution is 5.24. The first-order valence-corrected chi connectivity index (χ1v) is 2.11. The molecule has 0 atom stereocenters. The number of hydrogen-bond acceptors (Lipinski definition) is 2. The van der Waals surface area contributed by atoms with Crippen LogP contribution in [0.2, 0.25) is 0 Å². The molecular weight excluding hydrogens is 119 g/mol. The molecule has 9 heavy (non-hydrogen) atoms. The lowest BCUT2D eigenvalue weighted by Gasteiger charge is -1.84. The highest BCUT2D eigenvalue weighted by atomic mass is 19.1. The molecule has 0 aliphatic rings. The summed E-state index contributed by atoms with van der Waals surface area (Å²) in [6, 6.07) is 0.172. The minimum atomic E-state index is -1.19. The standard InChI is InChI=1S/C6H3FN2/c7-6-2-1-5(3-8)4-9-6/h1-2,4H/i1D,2D,4D. The van der Waals surface area contributed by atoms with Gasteiger partial charge in [0.15, 0.2) is 0 Å². The minimum Gasteiger partial charge on any atom is -0.227 e. The first kappa shape index (κ1) is 2.92. The van der Waals surface area contributed by atoms with Gasteiger partial charge in [0, 0.05) is 6.17 Å². The molecule has 0 N–H and O–H groups in total. The van der Waals surface area contributed by atoms with Gasteiger partial charge in [0.05, 0.1) is 9.68 Å². The molecule has 0 amide bonds. The van der Waals surface area contributed by atoms with E-state index in [1.165, 1.54) is 6.07 Å². The van der Waals surface area contributed by atoms with Crippen LogP contribution in [-0.2, 0) is 0 Å². The Hall–Kier alpha value is -1.43. The molecule has 0 unspecified atom stereocenters. The highest BCUT2D eigenvalue weighted by Gasteiger charge is 1.89. The molecule has 1 aromatic rings. The predicted octanol–water partition coefficient (Wildman–Crippen LogP) is 1.09. The lowest BCUT2D eigenvalue weighted by atomic mass is 10.3. The molecule has 0 radical (unpaired) electrons. The Morgan fingerprint density at radius 2 is 2.56 bits per heavy atom. The van der Waals surface area contributed by atoms with Crippen LogP contribution < -0.4 is 0 Å². The van der Waals surface area contributed by atoms with Crippen molar-refractivity contribution in [1.82, 2.24) is 4.98 Å². The van der Waals surface area contributed by atoms with Crippen molar-refractivity contribution < 1.29 is 8.50 Å². The Balaban J connectivity index is 3.54. The Morgan fingerprint density at radius 3 is 3.22 bits per heavy atom. The molecule has 0 aliphatic carbocycles. The van der Waals surface area contributed by atoms with Crippen LogP contribution in [-0.4, -0.2) is 4.98 Å². The van der Waals surface area contributed by atoms with E-state index in [9.17, 15) is 4.39 Å². The van der Waals surface area contributed by atoms with E-state index < -0.39 is 24.2 Å². The van der Waals surface area contributed by atoms with Crippen LogP contribution in [0.25, 0.3) is 0 Å². The van der Waals surface area contributed by atoms with E-state index >= 15 is 0 Å². The molecule has 0 saturated heterocycles. The van der Waals surface area contributed by atoms with E-state index in [2.05, 4.69) is 4.98 Å². The van der Waals surface area contributed by atoms with Gasteiger partial charge in [0.2, 0.25) is 5.95 Å². The van der Waals surface area contributed by atoms with Crippen molar-refractivity contribution in [3.8, 4) is 6.07 Å². The number of rotatable bonds is 0. The summed E-state index contributed by atoms with van der Waals surface area (Å²) in [5.41, 5.74) is -0.374. The molecule has 0 bridgehead atoms. The van der Waals surface area contributed by atoms with Gasteiger partial charge in [-0.05, 0) is 12.1 Å². The van der Waals surface area contributed by atoms with E-state index in [1.54, 1.807) is 0 Å². The second-order valence-corrected chi connectivity index (χ2v) is 1.25. The third-order valence-corrected chi connectivity index (χ3v) is 0.668. The average molecular weight is 125 g/mol. The zero-order valence-electron chi connectivity index (χ0n) is 7.27. The number of hydrogen-bond donors (Lipinski definition) is 0. The molecular formula is C6H3FN2. The Kier molecular flexibility index (Phi) is 0.723. The Bertz CT molecular complexity index is 372. The fraction of sp³-hybridized carbons (Fsp3) is 0. The number of pyridine rings is 1. The van der Waals surface area contributed by atoms with Gasteiger partial charge in [-0.2, -0.15) is 9.65 Å². The van der Waals surface area contributed by atoms with Crippen molar-refractivity contribution in [3.05, 3.63) is 29.8 Å². The van der Waals surface area contributed by atoms with Crippen LogP contribution in [0, 0.1) is 17.3 Å². The largest absolute Gasteiger partial charge is 0.227 e. The first-order valence-electron chi connectivity index (χ1n) is 3.61.